The zero-order chi connectivity index (χ0) is 16.1. The third-order valence-corrected chi connectivity index (χ3v) is 3.87. The number of ether oxygens (including phenoxy) is 1. The van der Waals surface area contributed by atoms with E-state index in [4.69, 9.17) is 4.74 Å². The zero-order valence-corrected chi connectivity index (χ0v) is 12.6. The molecule has 22 heavy (non-hydrogen) atoms. The highest BCUT2D eigenvalue weighted by atomic mass is 19.1. The normalized spacial score (nSPS) is 20.6. The number of benzene rings is 1. The van der Waals surface area contributed by atoms with Crippen molar-refractivity contribution in [3.63, 3.8) is 0 Å². The summed E-state index contributed by atoms with van der Waals surface area (Å²) in [6, 6.07) is 3.03. The molecule has 0 aliphatic carbocycles. The standard InChI is InChI=1S/C16H21F2NO3/c1-2-22-16(21)11-4-3-7-19(9-11)10-15(20)13-8-12(17)5-6-14(13)18/h5-6,8,11,15,20H,2-4,7,9-10H2,1H3. The Labute approximate surface area is 128 Å². The minimum absolute atomic E-state index is 0.0572. The number of likely N-dealkylation sites (tertiary alicyclic amines) is 1. The Morgan fingerprint density at radius 3 is 3.00 bits per heavy atom. The number of β-amino-alcohol motifs (C(OH)–C–C–N with tert-alkyl or cyclic N) is 1. The van der Waals surface area contributed by atoms with Gasteiger partial charge in [0.05, 0.1) is 18.6 Å². The van der Waals surface area contributed by atoms with Crippen LogP contribution in [0.3, 0.4) is 0 Å². The van der Waals surface area contributed by atoms with Gasteiger partial charge in [0, 0.05) is 18.7 Å². The molecule has 0 amide bonds. The molecule has 0 bridgehead atoms. The van der Waals surface area contributed by atoms with Crippen molar-refractivity contribution < 1.29 is 23.4 Å². The molecule has 2 rings (SSSR count). The van der Waals surface area contributed by atoms with Crippen LogP contribution in [-0.4, -0.2) is 42.2 Å². The van der Waals surface area contributed by atoms with E-state index in [1.54, 1.807) is 6.92 Å². The Kier molecular flexibility index (Phi) is 5.85. The second kappa shape index (κ2) is 7.65. The van der Waals surface area contributed by atoms with E-state index in [2.05, 4.69) is 0 Å². The van der Waals surface area contributed by atoms with Gasteiger partial charge in [0.1, 0.15) is 11.6 Å². The summed E-state index contributed by atoms with van der Waals surface area (Å²) in [6.07, 6.45) is 0.429. The average Bonchev–Trinajstić information content (AvgIpc) is 2.50. The molecular weight excluding hydrogens is 292 g/mol. The first-order valence-electron chi connectivity index (χ1n) is 7.53. The van der Waals surface area contributed by atoms with Gasteiger partial charge in [-0.05, 0) is 44.5 Å². The zero-order valence-electron chi connectivity index (χ0n) is 12.6. The van der Waals surface area contributed by atoms with Crippen LogP contribution in [0.25, 0.3) is 0 Å². The van der Waals surface area contributed by atoms with E-state index in [9.17, 15) is 18.7 Å². The number of nitrogens with zero attached hydrogens (tertiary/aromatic N) is 1. The monoisotopic (exact) mass is 313 g/mol. The first-order valence-corrected chi connectivity index (χ1v) is 7.53. The first-order chi connectivity index (χ1) is 10.5. The molecular formula is C16H21F2NO3. The lowest BCUT2D eigenvalue weighted by atomic mass is 9.97. The van der Waals surface area contributed by atoms with Crippen LogP contribution in [0.5, 0.6) is 0 Å². The number of carbonyl (C=O) groups excluding carboxylic acids is 1. The lowest BCUT2D eigenvalue weighted by Crippen LogP contribution is -2.41. The van der Waals surface area contributed by atoms with E-state index in [-0.39, 0.29) is 24.0 Å². The molecule has 1 N–H and O–H groups in total. The third kappa shape index (κ3) is 4.24. The molecule has 1 aromatic rings. The van der Waals surface area contributed by atoms with Gasteiger partial charge in [-0.1, -0.05) is 0 Å². The number of piperidine rings is 1. The van der Waals surface area contributed by atoms with Crippen molar-refractivity contribution in [1.29, 1.82) is 0 Å². The molecule has 1 saturated heterocycles. The number of hydrogen-bond donors (Lipinski definition) is 1. The van der Waals surface area contributed by atoms with E-state index in [1.807, 2.05) is 4.90 Å². The summed E-state index contributed by atoms with van der Waals surface area (Å²) in [5.74, 6) is -1.68. The average molecular weight is 313 g/mol. The molecule has 0 aromatic heterocycles. The number of aliphatic hydroxyl groups excluding tert-OH is 1. The van der Waals surface area contributed by atoms with Gasteiger partial charge >= 0.3 is 5.97 Å². The molecule has 1 aliphatic rings. The number of aliphatic hydroxyl groups is 1. The van der Waals surface area contributed by atoms with Crippen molar-refractivity contribution in [3.05, 3.63) is 35.4 Å². The Morgan fingerprint density at radius 2 is 2.27 bits per heavy atom. The maximum Gasteiger partial charge on any atom is 0.310 e. The molecule has 122 valence electrons. The van der Waals surface area contributed by atoms with Gasteiger partial charge < -0.3 is 9.84 Å². The highest BCUT2D eigenvalue weighted by Gasteiger charge is 2.28. The highest BCUT2D eigenvalue weighted by molar-refractivity contribution is 5.72. The summed E-state index contributed by atoms with van der Waals surface area (Å²) in [5, 5.41) is 10.1. The van der Waals surface area contributed by atoms with Crippen molar-refractivity contribution in [2.75, 3.05) is 26.2 Å². The van der Waals surface area contributed by atoms with Crippen molar-refractivity contribution in [3.8, 4) is 0 Å². The number of esters is 1. The topological polar surface area (TPSA) is 49.8 Å². The van der Waals surface area contributed by atoms with Crippen LogP contribution in [-0.2, 0) is 9.53 Å². The molecule has 1 aliphatic heterocycles. The smallest absolute Gasteiger partial charge is 0.310 e. The minimum Gasteiger partial charge on any atom is -0.466 e. The molecule has 2 atom stereocenters. The van der Waals surface area contributed by atoms with Crippen LogP contribution in [0, 0.1) is 17.6 Å². The molecule has 1 aromatic carbocycles. The summed E-state index contributed by atoms with van der Waals surface area (Å²) >= 11 is 0. The van der Waals surface area contributed by atoms with Crippen LogP contribution in [0.1, 0.15) is 31.4 Å². The Balaban J connectivity index is 1.97. The van der Waals surface area contributed by atoms with Gasteiger partial charge in [0.2, 0.25) is 0 Å². The molecule has 0 radical (unpaired) electrons. The maximum absolute atomic E-state index is 13.7. The maximum atomic E-state index is 13.7. The minimum atomic E-state index is -1.13. The number of halogens is 2. The number of carbonyl (C=O) groups is 1. The van der Waals surface area contributed by atoms with Gasteiger partial charge in [-0.2, -0.15) is 0 Å². The van der Waals surface area contributed by atoms with Crippen LogP contribution >= 0.6 is 0 Å². The molecule has 0 saturated carbocycles. The van der Waals surface area contributed by atoms with E-state index in [1.165, 1.54) is 0 Å². The summed E-state index contributed by atoms with van der Waals surface area (Å²) in [7, 11) is 0. The van der Waals surface area contributed by atoms with Crippen LogP contribution in [0.15, 0.2) is 18.2 Å². The lowest BCUT2D eigenvalue weighted by molar-refractivity contribution is -0.150. The van der Waals surface area contributed by atoms with Crippen molar-refractivity contribution in [2.24, 2.45) is 5.92 Å². The van der Waals surface area contributed by atoms with Crippen molar-refractivity contribution in [1.82, 2.24) is 4.90 Å². The molecule has 1 fully saturated rings. The van der Waals surface area contributed by atoms with E-state index >= 15 is 0 Å². The predicted octanol–water partition coefficient (Wildman–Crippen LogP) is 2.27. The van der Waals surface area contributed by atoms with Crippen molar-refractivity contribution >= 4 is 5.97 Å². The quantitative estimate of drug-likeness (QED) is 0.847. The van der Waals surface area contributed by atoms with Gasteiger partial charge in [0.25, 0.3) is 0 Å². The summed E-state index contributed by atoms with van der Waals surface area (Å²) in [5.41, 5.74) is -0.0572. The summed E-state index contributed by atoms with van der Waals surface area (Å²) < 4.78 is 31.9. The van der Waals surface area contributed by atoms with Gasteiger partial charge in [-0.3, -0.25) is 9.69 Å². The van der Waals surface area contributed by atoms with Gasteiger partial charge in [-0.25, -0.2) is 8.78 Å². The molecule has 1 heterocycles. The largest absolute Gasteiger partial charge is 0.466 e. The van der Waals surface area contributed by atoms with E-state index in [0.29, 0.717) is 19.7 Å². The second-order valence-corrected chi connectivity index (χ2v) is 5.53. The molecule has 0 spiro atoms. The fourth-order valence-electron chi connectivity index (χ4n) is 2.79. The Bertz CT molecular complexity index is 524. The Morgan fingerprint density at radius 1 is 1.50 bits per heavy atom. The first kappa shape index (κ1) is 16.8. The molecule has 4 nitrogen and oxygen atoms in total. The fourth-order valence-corrected chi connectivity index (χ4v) is 2.79. The fraction of sp³-hybridized carbons (Fsp3) is 0.562. The van der Waals surface area contributed by atoms with E-state index < -0.39 is 17.7 Å². The third-order valence-electron chi connectivity index (χ3n) is 3.87. The highest BCUT2D eigenvalue weighted by Crippen LogP contribution is 2.23. The van der Waals surface area contributed by atoms with E-state index in [0.717, 1.165) is 31.0 Å². The van der Waals surface area contributed by atoms with Crippen LogP contribution in [0.4, 0.5) is 8.78 Å². The summed E-state index contributed by atoms with van der Waals surface area (Å²) in [6.45, 7) is 3.44. The number of hydrogen-bond acceptors (Lipinski definition) is 4. The van der Waals surface area contributed by atoms with Crippen LogP contribution < -0.4 is 0 Å². The van der Waals surface area contributed by atoms with Gasteiger partial charge in [-0.15, -0.1) is 0 Å². The SMILES string of the molecule is CCOC(=O)C1CCCN(CC(O)c2cc(F)ccc2F)C1. The van der Waals surface area contributed by atoms with Crippen LogP contribution in [0.2, 0.25) is 0 Å². The molecule has 6 heteroatoms. The number of rotatable bonds is 5. The van der Waals surface area contributed by atoms with Gasteiger partial charge in [0.15, 0.2) is 0 Å². The molecule has 2 unspecified atom stereocenters. The van der Waals surface area contributed by atoms with Crippen molar-refractivity contribution in [2.45, 2.75) is 25.9 Å². The second-order valence-electron chi connectivity index (χ2n) is 5.53. The Hall–Kier alpha value is -1.53. The predicted molar refractivity (Wildman–Crippen MR) is 77.1 cm³/mol. The summed E-state index contributed by atoms with van der Waals surface area (Å²) in [4.78, 5) is 13.7. The lowest BCUT2D eigenvalue weighted by Gasteiger charge is -2.32.